The van der Waals surface area contributed by atoms with E-state index in [0.717, 1.165) is 22.6 Å². The van der Waals surface area contributed by atoms with Gasteiger partial charge >= 0.3 is 5.97 Å². The topological polar surface area (TPSA) is 73.9 Å². The zero-order valence-electron chi connectivity index (χ0n) is 13.5. The first kappa shape index (κ1) is 15.5. The van der Waals surface area contributed by atoms with Crippen molar-refractivity contribution in [3.05, 3.63) is 59.2 Å². The van der Waals surface area contributed by atoms with Crippen molar-refractivity contribution >= 4 is 11.9 Å². The Morgan fingerprint density at radius 2 is 1.96 bits per heavy atom. The SMILES string of the molecule is O=C1O[C@H](C(=O)NCCc2ccc3c(c2)OCO3)Cc2ccccc21. The second-order valence-corrected chi connectivity index (χ2v) is 5.98. The van der Waals surface area contributed by atoms with Crippen molar-refractivity contribution in [2.24, 2.45) is 0 Å². The van der Waals surface area contributed by atoms with Gasteiger partial charge in [0.1, 0.15) is 0 Å². The second-order valence-electron chi connectivity index (χ2n) is 5.98. The number of carbonyl (C=O) groups excluding carboxylic acids is 2. The molecule has 0 saturated carbocycles. The summed E-state index contributed by atoms with van der Waals surface area (Å²) < 4.78 is 15.9. The number of rotatable bonds is 4. The van der Waals surface area contributed by atoms with E-state index in [1.54, 1.807) is 12.1 Å². The highest BCUT2D eigenvalue weighted by atomic mass is 16.7. The van der Waals surface area contributed by atoms with Crippen LogP contribution in [0, 0.1) is 0 Å². The van der Waals surface area contributed by atoms with Crippen LogP contribution in [0.15, 0.2) is 42.5 Å². The molecule has 0 radical (unpaired) electrons. The predicted molar refractivity (Wildman–Crippen MR) is 88.6 cm³/mol. The lowest BCUT2D eigenvalue weighted by Gasteiger charge is -2.23. The number of hydrogen-bond acceptors (Lipinski definition) is 5. The number of amides is 1. The van der Waals surface area contributed by atoms with E-state index < -0.39 is 12.1 Å². The molecule has 0 bridgehead atoms. The van der Waals surface area contributed by atoms with Crippen LogP contribution in [-0.4, -0.2) is 31.3 Å². The van der Waals surface area contributed by atoms with Crippen LogP contribution in [0.5, 0.6) is 11.5 Å². The molecule has 2 heterocycles. The van der Waals surface area contributed by atoms with Gasteiger partial charge in [-0.15, -0.1) is 0 Å². The molecule has 0 aromatic heterocycles. The minimum atomic E-state index is -0.779. The van der Waals surface area contributed by atoms with Crippen LogP contribution in [0.4, 0.5) is 0 Å². The molecule has 1 amide bonds. The van der Waals surface area contributed by atoms with Gasteiger partial charge in [0.2, 0.25) is 6.79 Å². The Hall–Kier alpha value is -3.02. The van der Waals surface area contributed by atoms with Gasteiger partial charge in [-0.2, -0.15) is 0 Å². The molecule has 2 aliphatic heterocycles. The smallest absolute Gasteiger partial charge is 0.339 e. The van der Waals surface area contributed by atoms with Crippen LogP contribution < -0.4 is 14.8 Å². The van der Waals surface area contributed by atoms with E-state index in [2.05, 4.69) is 5.32 Å². The molecule has 0 fully saturated rings. The molecule has 2 aromatic carbocycles. The maximum absolute atomic E-state index is 12.3. The molecule has 1 atom stereocenters. The highest BCUT2D eigenvalue weighted by Gasteiger charge is 2.30. The average Bonchev–Trinajstić information content (AvgIpc) is 3.09. The number of hydrogen-bond donors (Lipinski definition) is 1. The fourth-order valence-electron chi connectivity index (χ4n) is 3.02. The van der Waals surface area contributed by atoms with Crippen molar-refractivity contribution < 1.29 is 23.8 Å². The summed E-state index contributed by atoms with van der Waals surface area (Å²) in [5, 5.41) is 2.83. The van der Waals surface area contributed by atoms with Gasteiger partial charge in [0.25, 0.3) is 5.91 Å². The third-order valence-corrected chi connectivity index (χ3v) is 4.33. The van der Waals surface area contributed by atoms with Gasteiger partial charge in [0, 0.05) is 13.0 Å². The van der Waals surface area contributed by atoms with E-state index in [1.807, 2.05) is 30.3 Å². The van der Waals surface area contributed by atoms with Gasteiger partial charge < -0.3 is 19.5 Å². The summed E-state index contributed by atoms with van der Waals surface area (Å²) in [5.41, 5.74) is 2.41. The molecule has 128 valence electrons. The Morgan fingerprint density at radius 3 is 2.88 bits per heavy atom. The van der Waals surface area contributed by atoms with E-state index in [4.69, 9.17) is 14.2 Å². The third-order valence-electron chi connectivity index (χ3n) is 4.33. The molecule has 0 saturated heterocycles. The summed E-state index contributed by atoms with van der Waals surface area (Å²) in [4.78, 5) is 24.3. The fraction of sp³-hybridized carbons (Fsp3) is 0.263. The second kappa shape index (κ2) is 6.47. The van der Waals surface area contributed by atoms with E-state index in [1.165, 1.54) is 0 Å². The average molecular weight is 339 g/mol. The number of fused-ring (bicyclic) bond motifs is 2. The maximum Gasteiger partial charge on any atom is 0.339 e. The highest BCUT2D eigenvalue weighted by molar-refractivity contribution is 5.95. The minimum Gasteiger partial charge on any atom is -0.454 e. The fourth-order valence-corrected chi connectivity index (χ4v) is 3.02. The Morgan fingerprint density at radius 1 is 1.12 bits per heavy atom. The molecule has 0 spiro atoms. The first-order chi connectivity index (χ1) is 12.2. The summed E-state index contributed by atoms with van der Waals surface area (Å²) in [6.45, 7) is 0.693. The number of ether oxygens (including phenoxy) is 3. The van der Waals surface area contributed by atoms with Crippen molar-refractivity contribution in [1.29, 1.82) is 0 Å². The molecule has 4 rings (SSSR count). The normalized spacial score (nSPS) is 17.6. The van der Waals surface area contributed by atoms with E-state index in [9.17, 15) is 9.59 Å². The maximum atomic E-state index is 12.3. The van der Waals surface area contributed by atoms with Gasteiger partial charge in [-0.1, -0.05) is 24.3 Å². The summed E-state index contributed by atoms with van der Waals surface area (Å²) in [7, 11) is 0. The van der Waals surface area contributed by atoms with Gasteiger partial charge in [-0.25, -0.2) is 4.79 Å². The zero-order chi connectivity index (χ0) is 17.2. The first-order valence-electron chi connectivity index (χ1n) is 8.16. The molecule has 2 aliphatic rings. The Labute approximate surface area is 144 Å². The number of nitrogens with one attached hydrogen (secondary N) is 1. The van der Waals surface area contributed by atoms with Crippen molar-refractivity contribution in [1.82, 2.24) is 5.32 Å². The number of cyclic esters (lactones) is 1. The lowest BCUT2D eigenvalue weighted by atomic mass is 9.98. The number of benzene rings is 2. The van der Waals surface area contributed by atoms with Crippen molar-refractivity contribution in [2.75, 3.05) is 13.3 Å². The molecule has 6 heteroatoms. The van der Waals surface area contributed by atoms with Gasteiger partial charge in [-0.3, -0.25) is 4.79 Å². The quantitative estimate of drug-likeness (QED) is 0.861. The molecule has 0 aliphatic carbocycles. The Balaban J connectivity index is 1.33. The predicted octanol–water partition coefficient (Wildman–Crippen LogP) is 1.86. The van der Waals surface area contributed by atoms with Crippen LogP contribution in [-0.2, 0) is 22.4 Å². The minimum absolute atomic E-state index is 0.240. The lowest BCUT2D eigenvalue weighted by Crippen LogP contribution is -2.42. The van der Waals surface area contributed by atoms with Crippen LogP contribution >= 0.6 is 0 Å². The molecule has 6 nitrogen and oxygen atoms in total. The third kappa shape index (κ3) is 3.15. The van der Waals surface area contributed by atoms with Crippen LogP contribution in [0.2, 0.25) is 0 Å². The number of esters is 1. The van der Waals surface area contributed by atoms with Crippen molar-refractivity contribution in [3.8, 4) is 11.5 Å². The summed E-state index contributed by atoms with van der Waals surface area (Å²) >= 11 is 0. The van der Waals surface area contributed by atoms with E-state index in [0.29, 0.717) is 24.9 Å². The monoisotopic (exact) mass is 339 g/mol. The number of carbonyl (C=O) groups is 2. The highest BCUT2D eigenvalue weighted by Crippen LogP contribution is 2.32. The van der Waals surface area contributed by atoms with E-state index in [-0.39, 0.29) is 12.7 Å². The van der Waals surface area contributed by atoms with Crippen LogP contribution in [0.25, 0.3) is 0 Å². The van der Waals surface area contributed by atoms with Gasteiger partial charge in [0.15, 0.2) is 17.6 Å². The summed E-state index contributed by atoms with van der Waals surface area (Å²) in [5.74, 6) is 0.739. The molecule has 0 unspecified atom stereocenters. The summed E-state index contributed by atoms with van der Waals surface area (Å²) in [6, 6.07) is 12.9. The van der Waals surface area contributed by atoms with Crippen molar-refractivity contribution in [3.63, 3.8) is 0 Å². The first-order valence-corrected chi connectivity index (χ1v) is 8.16. The molecule has 25 heavy (non-hydrogen) atoms. The van der Waals surface area contributed by atoms with Crippen LogP contribution in [0.1, 0.15) is 21.5 Å². The Kier molecular flexibility index (Phi) is 4.01. The lowest BCUT2D eigenvalue weighted by molar-refractivity contribution is -0.130. The molecule has 1 N–H and O–H groups in total. The van der Waals surface area contributed by atoms with Crippen LogP contribution in [0.3, 0.4) is 0 Å². The molecular formula is C19H17NO5. The summed E-state index contributed by atoms with van der Waals surface area (Å²) in [6.07, 6.45) is 0.274. The standard InChI is InChI=1S/C19H17NO5/c21-18(17-10-13-3-1-2-4-14(13)19(22)25-17)20-8-7-12-5-6-15-16(9-12)24-11-23-15/h1-6,9,17H,7-8,10-11H2,(H,20,21)/t17-/m0/s1. The largest absolute Gasteiger partial charge is 0.454 e. The van der Waals surface area contributed by atoms with E-state index >= 15 is 0 Å². The molecule has 2 aromatic rings. The van der Waals surface area contributed by atoms with Gasteiger partial charge in [-0.05, 0) is 35.7 Å². The van der Waals surface area contributed by atoms with Crippen molar-refractivity contribution in [2.45, 2.75) is 18.9 Å². The zero-order valence-corrected chi connectivity index (χ0v) is 13.5. The van der Waals surface area contributed by atoms with Gasteiger partial charge in [0.05, 0.1) is 5.56 Å². The molecular weight excluding hydrogens is 322 g/mol. The Bertz CT molecular complexity index is 832.